The molecule has 1 aliphatic heterocycles. The summed E-state index contributed by atoms with van der Waals surface area (Å²) in [6.07, 6.45) is -2.47. The largest absolute Gasteiger partial charge is 0.507 e. The van der Waals surface area contributed by atoms with Crippen LogP contribution in [0.15, 0.2) is 23.8 Å². The Bertz CT molecular complexity index is 1320. The number of rotatable bonds is 4. The smallest absolute Gasteiger partial charge is 0.202 e. The first kappa shape index (κ1) is 25.4. The molecule has 1 heterocycles. The Kier molecular flexibility index (Phi) is 6.33. The number of phenols is 2. The number of carbonyl (C=O) groups excluding carboxylic acids is 2. The Morgan fingerprint density at radius 1 is 1.11 bits per heavy atom. The van der Waals surface area contributed by atoms with Crippen molar-refractivity contribution in [3.63, 3.8) is 0 Å². The molecule has 196 valence electrons. The van der Waals surface area contributed by atoms with Gasteiger partial charge in [0.1, 0.15) is 17.2 Å². The summed E-state index contributed by atoms with van der Waals surface area (Å²) in [6.45, 7) is 3.20. The summed E-state index contributed by atoms with van der Waals surface area (Å²) < 4.78 is 17.2. The van der Waals surface area contributed by atoms with Crippen LogP contribution in [0.25, 0.3) is 6.08 Å². The van der Waals surface area contributed by atoms with Crippen LogP contribution in [0.5, 0.6) is 17.2 Å². The fourth-order valence-corrected chi connectivity index (χ4v) is 5.38. The number of methoxy groups -OCH3 is 1. The van der Waals surface area contributed by atoms with Crippen LogP contribution in [0, 0.1) is 0 Å². The SMILES string of the molecule is COc1cccc2c1C(=O)c1c(O)c3c(c(O)c1C2=O)C=C(C(C)O)C[C@@H]3O[C@H]1C[C@H](N)[C@H](O)[C@H](C)O1. The first-order valence-electron chi connectivity index (χ1n) is 12.1. The highest BCUT2D eigenvalue weighted by atomic mass is 16.7. The number of aromatic hydroxyl groups is 2. The van der Waals surface area contributed by atoms with E-state index in [1.807, 2.05) is 0 Å². The molecule has 5 rings (SSSR count). The van der Waals surface area contributed by atoms with E-state index in [4.69, 9.17) is 19.9 Å². The average molecular weight is 512 g/mol. The molecule has 2 aliphatic carbocycles. The predicted octanol–water partition coefficient (Wildman–Crippen LogP) is 1.93. The summed E-state index contributed by atoms with van der Waals surface area (Å²) in [4.78, 5) is 27.1. The Hall–Kier alpha value is -3.28. The van der Waals surface area contributed by atoms with Crippen molar-refractivity contribution in [2.45, 2.75) is 63.4 Å². The molecule has 0 spiro atoms. The van der Waals surface area contributed by atoms with Crippen LogP contribution in [0.2, 0.25) is 0 Å². The summed E-state index contributed by atoms with van der Waals surface area (Å²) in [5.74, 6) is -2.14. The normalized spacial score (nSPS) is 27.6. The zero-order chi connectivity index (χ0) is 26.8. The van der Waals surface area contributed by atoms with Crippen LogP contribution in [-0.4, -0.2) is 69.7 Å². The minimum atomic E-state index is -0.956. The molecule has 0 saturated carbocycles. The number of nitrogens with two attached hydrogens (primary N) is 1. The van der Waals surface area contributed by atoms with E-state index < -0.39 is 59.8 Å². The lowest BCUT2D eigenvalue weighted by atomic mass is 9.77. The van der Waals surface area contributed by atoms with Gasteiger partial charge in [0.05, 0.1) is 48.2 Å². The minimum Gasteiger partial charge on any atom is -0.507 e. The van der Waals surface area contributed by atoms with Gasteiger partial charge in [-0.1, -0.05) is 12.1 Å². The predicted molar refractivity (Wildman–Crippen MR) is 131 cm³/mol. The van der Waals surface area contributed by atoms with Crippen molar-refractivity contribution in [1.82, 2.24) is 0 Å². The molecule has 2 aromatic rings. The van der Waals surface area contributed by atoms with E-state index in [-0.39, 0.29) is 52.0 Å². The third-order valence-corrected chi connectivity index (χ3v) is 7.37. The minimum absolute atomic E-state index is 0.00459. The van der Waals surface area contributed by atoms with Crippen molar-refractivity contribution >= 4 is 17.6 Å². The fraction of sp³-hybridized carbons (Fsp3) is 0.407. The Morgan fingerprint density at radius 2 is 1.81 bits per heavy atom. The van der Waals surface area contributed by atoms with Gasteiger partial charge in [-0.05, 0) is 31.6 Å². The van der Waals surface area contributed by atoms with Gasteiger partial charge in [0.2, 0.25) is 5.78 Å². The summed E-state index contributed by atoms with van der Waals surface area (Å²) in [7, 11) is 1.37. The summed E-state index contributed by atoms with van der Waals surface area (Å²) >= 11 is 0. The highest BCUT2D eigenvalue weighted by Crippen LogP contribution is 2.51. The van der Waals surface area contributed by atoms with Crippen molar-refractivity contribution < 1.29 is 44.2 Å². The molecular weight excluding hydrogens is 482 g/mol. The molecular formula is C27H29NO9. The maximum absolute atomic E-state index is 13.6. The van der Waals surface area contributed by atoms with Gasteiger partial charge in [-0.2, -0.15) is 0 Å². The molecule has 3 aliphatic rings. The zero-order valence-electron chi connectivity index (χ0n) is 20.6. The first-order valence-corrected chi connectivity index (χ1v) is 12.1. The van der Waals surface area contributed by atoms with Gasteiger partial charge in [-0.15, -0.1) is 0 Å². The van der Waals surface area contributed by atoms with E-state index in [0.717, 1.165) is 0 Å². The maximum Gasteiger partial charge on any atom is 0.202 e. The maximum atomic E-state index is 13.6. The number of fused-ring (bicyclic) bond motifs is 3. The van der Waals surface area contributed by atoms with Gasteiger partial charge >= 0.3 is 0 Å². The first-order chi connectivity index (χ1) is 17.5. The number of hydrogen-bond donors (Lipinski definition) is 5. The van der Waals surface area contributed by atoms with Crippen LogP contribution >= 0.6 is 0 Å². The Morgan fingerprint density at radius 3 is 2.46 bits per heavy atom. The lowest BCUT2D eigenvalue weighted by Gasteiger charge is -2.39. The molecule has 37 heavy (non-hydrogen) atoms. The summed E-state index contributed by atoms with van der Waals surface area (Å²) in [6, 6.07) is 3.94. The van der Waals surface area contributed by atoms with Gasteiger partial charge in [-0.3, -0.25) is 9.59 Å². The molecule has 0 radical (unpaired) electrons. The number of hydrogen-bond acceptors (Lipinski definition) is 10. The van der Waals surface area contributed by atoms with E-state index in [1.165, 1.54) is 25.3 Å². The van der Waals surface area contributed by atoms with E-state index in [9.17, 15) is 30.0 Å². The number of ketones is 2. The average Bonchev–Trinajstić information content (AvgIpc) is 2.86. The molecule has 6 atom stereocenters. The van der Waals surface area contributed by atoms with Crippen molar-refractivity contribution in [3.05, 3.63) is 57.2 Å². The molecule has 1 unspecified atom stereocenters. The van der Waals surface area contributed by atoms with Crippen molar-refractivity contribution in [2.75, 3.05) is 7.11 Å². The van der Waals surface area contributed by atoms with Crippen LogP contribution in [-0.2, 0) is 9.47 Å². The van der Waals surface area contributed by atoms with Crippen molar-refractivity contribution in [2.24, 2.45) is 5.73 Å². The van der Waals surface area contributed by atoms with Crippen LogP contribution in [0.4, 0.5) is 0 Å². The molecule has 0 aromatic heterocycles. The molecule has 1 fully saturated rings. The second-order valence-corrected chi connectivity index (χ2v) is 9.70. The monoisotopic (exact) mass is 511 g/mol. The van der Waals surface area contributed by atoms with Crippen molar-refractivity contribution in [1.29, 1.82) is 0 Å². The van der Waals surface area contributed by atoms with Crippen LogP contribution in [0.3, 0.4) is 0 Å². The second-order valence-electron chi connectivity index (χ2n) is 9.70. The van der Waals surface area contributed by atoms with Crippen molar-refractivity contribution in [3.8, 4) is 17.2 Å². The molecule has 6 N–H and O–H groups in total. The third kappa shape index (κ3) is 3.92. The lowest BCUT2D eigenvalue weighted by Crippen LogP contribution is -2.52. The fourth-order valence-electron chi connectivity index (χ4n) is 5.38. The van der Waals surface area contributed by atoms with Gasteiger partial charge < -0.3 is 40.4 Å². The number of benzene rings is 2. The number of carbonyl (C=O) groups is 2. The van der Waals surface area contributed by atoms with Gasteiger partial charge in [0.25, 0.3) is 0 Å². The van der Waals surface area contributed by atoms with Gasteiger partial charge in [0.15, 0.2) is 12.1 Å². The highest BCUT2D eigenvalue weighted by Gasteiger charge is 2.43. The van der Waals surface area contributed by atoms with E-state index >= 15 is 0 Å². The second kappa shape index (κ2) is 9.23. The molecule has 10 heteroatoms. The number of phenolic OH excluding ortho intramolecular Hbond substituents is 2. The van der Waals surface area contributed by atoms with E-state index in [2.05, 4.69) is 0 Å². The van der Waals surface area contributed by atoms with E-state index in [1.54, 1.807) is 19.9 Å². The van der Waals surface area contributed by atoms with Gasteiger partial charge in [0, 0.05) is 35.6 Å². The molecule has 0 amide bonds. The summed E-state index contributed by atoms with van der Waals surface area (Å²) in [5, 5.41) is 43.2. The quantitative estimate of drug-likeness (QED) is 0.326. The summed E-state index contributed by atoms with van der Waals surface area (Å²) in [5.41, 5.74) is 6.07. The number of aliphatic hydroxyl groups is 2. The van der Waals surface area contributed by atoms with Gasteiger partial charge in [-0.25, -0.2) is 0 Å². The van der Waals surface area contributed by atoms with Crippen LogP contribution in [0.1, 0.15) is 75.8 Å². The van der Waals surface area contributed by atoms with E-state index in [0.29, 0.717) is 5.57 Å². The Balaban J connectivity index is 1.67. The third-order valence-electron chi connectivity index (χ3n) is 7.37. The molecule has 2 aromatic carbocycles. The lowest BCUT2D eigenvalue weighted by molar-refractivity contribution is -0.240. The topological polar surface area (TPSA) is 169 Å². The number of aliphatic hydroxyl groups excluding tert-OH is 2. The molecule has 0 bridgehead atoms. The molecule has 10 nitrogen and oxygen atoms in total. The van der Waals surface area contributed by atoms with Crippen LogP contribution < -0.4 is 10.5 Å². The number of ether oxygens (including phenoxy) is 3. The highest BCUT2D eigenvalue weighted by molar-refractivity contribution is 6.31. The standard InChI is InChI=1S/C27H29NO9/c1-10(29)12-7-14-20(17(8-12)37-18-9-15(28)23(30)11(2)36-18)27(34)22-21(25(14)32)24(31)13-5-4-6-16(35-3)19(13)26(22)33/h4-7,10-11,15,17-18,23,29-30,32,34H,8-9,28H2,1-3H3/t10?,11-,15-,17-,18-,23+/m0/s1. The zero-order valence-corrected chi connectivity index (χ0v) is 20.6. The Labute approximate surface area is 212 Å². The molecule has 1 saturated heterocycles.